The Morgan fingerprint density at radius 1 is 0.410 bits per heavy atom. The molecule has 0 spiro atoms. The largest absolute Gasteiger partial charge is 0.481 e. The summed E-state index contributed by atoms with van der Waals surface area (Å²) in [4.78, 5) is 90.2. The standard InChI is InChI=1S/C63H118N4O10S/c1-5-9-12-15-18-21-24-27-30-33-36-39-42-45-57(68)65-56(63(75)66-54(8-4)62(74)67-55(61(64)73)48-49-58(69)70)52-78-51-53(77-60(72)47-44-41-38-35-32-29-26-23-20-17-14-11-7-3)50-76-59(71)46-43-40-37-34-31-28-25-22-19-16-13-10-6-2/h53-56H,5-52H2,1-4H3,(H2,64,73)(H,65,68)(H,66,75)(H,67,74)(H,69,70)/t53-,54+,55-,56+/m1/s1. The van der Waals surface area contributed by atoms with Crippen molar-refractivity contribution in [1.29, 1.82) is 0 Å². The van der Waals surface area contributed by atoms with E-state index in [0.717, 1.165) is 64.2 Å². The van der Waals surface area contributed by atoms with Crippen molar-refractivity contribution in [3.8, 4) is 0 Å². The van der Waals surface area contributed by atoms with E-state index in [1.165, 1.54) is 185 Å². The number of carbonyl (C=O) groups is 7. The number of aliphatic carboxylic acids is 1. The minimum atomic E-state index is -1.25. The van der Waals surface area contributed by atoms with Crippen LogP contribution in [0.25, 0.3) is 0 Å². The molecular weight excluding hydrogens is 1000 g/mol. The third-order valence-corrected chi connectivity index (χ3v) is 16.0. The van der Waals surface area contributed by atoms with E-state index in [0.29, 0.717) is 12.8 Å². The second-order valence-electron chi connectivity index (χ2n) is 22.3. The van der Waals surface area contributed by atoms with Crippen LogP contribution < -0.4 is 21.7 Å². The van der Waals surface area contributed by atoms with Gasteiger partial charge in [-0.05, 0) is 32.1 Å². The zero-order chi connectivity index (χ0) is 57.5. The van der Waals surface area contributed by atoms with Gasteiger partial charge in [0.1, 0.15) is 30.8 Å². The lowest BCUT2D eigenvalue weighted by molar-refractivity contribution is -0.157. The maximum atomic E-state index is 14.0. The molecule has 0 aliphatic rings. The van der Waals surface area contributed by atoms with E-state index in [-0.39, 0.29) is 68.1 Å². The molecule has 0 fully saturated rings. The number of carboxylic acids is 1. The minimum Gasteiger partial charge on any atom is -0.481 e. The number of nitrogens with two attached hydrogens (primary N) is 1. The third-order valence-electron chi connectivity index (χ3n) is 14.8. The third kappa shape index (κ3) is 48.5. The van der Waals surface area contributed by atoms with Crippen LogP contribution in [0.3, 0.4) is 0 Å². The molecule has 6 N–H and O–H groups in total. The van der Waals surface area contributed by atoms with Gasteiger partial charge in [0.2, 0.25) is 23.6 Å². The van der Waals surface area contributed by atoms with Crippen molar-refractivity contribution in [3.63, 3.8) is 0 Å². The van der Waals surface area contributed by atoms with E-state index in [1.54, 1.807) is 6.92 Å². The molecule has 0 aromatic heterocycles. The molecule has 0 unspecified atom stereocenters. The topological polar surface area (TPSA) is 220 Å². The molecule has 0 aromatic carbocycles. The number of carboxylic acid groups (broad SMARTS) is 1. The number of unbranched alkanes of at least 4 members (excludes halogenated alkanes) is 36. The Balaban J connectivity index is 5.61. The number of ether oxygens (including phenoxy) is 2. The SMILES string of the molecule is CCCCCCCCCCCCCCCC(=O)N[C@@H](CSC[C@@H](COC(=O)CCCCCCCCCCCCCCC)OC(=O)CCCCCCCCCCCCCCC)C(=O)N[C@@H](CC)C(=O)N[C@H](CCC(=O)O)C(N)=O. The van der Waals surface area contributed by atoms with Crippen LogP contribution in [0.2, 0.25) is 0 Å². The van der Waals surface area contributed by atoms with Crippen molar-refractivity contribution in [3.05, 3.63) is 0 Å². The number of thioether (sulfide) groups is 1. The van der Waals surface area contributed by atoms with Crippen LogP contribution in [0.4, 0.5) is 0 Å². The van der Waals surface area contributed by atoms with Crippen LogP contribution in [0.15, 0.2) is 0 Å². The molecule has 0 aliphatic carbocycles. The summed E-state index contributed by atoms with van der Waals surface area (Å²) >= 11 is 1.27. The Morgan fingerprint density at radius 3 is 1.13 bits per heavy atom. The number of hydrogen-bond acceptors (Lipinski definition) is 10. The van der Waals surface area contributed by atoms with Gasteiger partial charge < -0.3 is 36.3 Å². The average Bonchev–Trinajstić information content (AvgIpc) is 3.41. The maximum absolute atomic E-state index is 14.0. The Labute approximate surface area is 480 Å². The summed E-state index contributed by atoms with van der Waals surface area (Å²) in [5.74, 6) is -4.14. The van der Waals surface area contributed by atoms with Crippen molar-refractivity contribution in [2.75, 3.05) is 18.1 Å². The highest BCUT2D eigenvalue weighted by molar-refractivity contribution is 7.99. The molecule has 4 atom stereocenters. The predicted octanol–water partition coefficient (Wildman–Crippen LogP) is 14.8. The number of carbonyl (C=O) groups excluding carboxylic acids is 6. The van der Waals surface area contributed by atoms with Crippen LogP contribution >= 0.6 is 11.8 Å². The first-order valence-corrected chi connectivity index (χ1v) is 33.4. The van der Waals surface area contributed by atoms with E-state index in [4.69, 9.17) is 20.3 Å². The van der Waals surface area contributed by atoms with Crippen molar-refractivity contribution < 1.29 is 48.1 Å². The quantitative estimate of drug-likeness (QED) is 0.0285. The number of amides is 4. The van der Waals surface area contributed by atoms with Gasteiger partial charge in [-0.2, -0.15) is 11.8 Å². The Kier molecular flexibility index (Phi) is 53.2. The van der Waals surface area contributed by atoms with E-state index < -0.39 is 54.3 Å². The molecule has 0 saturated heterocycles. The van der Waals surface area contributed by atoms with Gasteiger partial charge in [0.15, 0.2) is 0 Å². The van der Waals surface area contributed by atoms with Gasteiger partial charge in [-0.15, -0.1) is 0 Å². The Morgan fingerprint density at radius 2 is 0.756 bits per heavy atom. The van der Waals surface area contributed by atoms with Gasteiger partial charge in [0, 0.05) is 37.2 Å². The number of esters is 2. The molecule has 78 heavy (non-hydrogen) atoms. The monoisotopic (exact) mass is 1120 g/mol. The molecule has 4 amide bonds. The molecule has 0 heterocycles. The molecule has 0 rings (SSSR count). The van der Waals surface area contributed by atoms with Crippen LogP contribution in [-0.4, -0.2) is 89.0 Å². The summed E-state index contributed by atoms with van der Waals surface area (Å²) in [6, 6.07) is -3.44. The van der Waals surface area contributed by atoms with Gasteiger partial charge >= 0.3 is 17.9 Å². The molecule has 456 valence electrons. The highest BCUT2D eigenvalue weighted by atomic mass is 32.2. The summed E-state index contributed by atoms with van der Waals surface area (Å²) in [5.41, 5.74) is 5.47. The fourth-order valence-electron chi connectivity index (χ4n) is 9.71. The van der Waals surface area contributed by atoms with E-state index in [9.17, 15) is 33.6 Å². The number of nitrogens with one attached hydrogen (secondary N) is 3. The zero-order valence-corrected chi connectivity index (χ0v) is 51.2. The van der Waals surface area contributed by atoms with Crippen molar-refractivity contribution in [2.45, 2.75) is 341 Å². The Hall–Kier alpha value is -3.36. The van der Waals surface area contributed by atoms with Crippen LogP contribution in [0.5, 0.6) is 0 Å². The van der Waals surface area contributed by atoms with Crippen LogP contribution in [0, 0.1) is 0 Å². The summed E-state index contributed by atoms with van der Waals surface area (Å²) in [5, 5.41) is 17.2. The lowest BCUT2D eigenvalue weighted by atomic mass is 10.0. The maximum Gasteiger partial charge on any atom is 0.306 e. The summed E-state index contributed by atoms with van der Waals surface area (Å²) in [6.45, 7) is 8.27. The number of primary amides is 1. The fraction of sp³-hybridized carbons (Fsp3) is 0.889. The van der Waals surface area contributed by atoms with Gasteiger partial charge in [0.25, 0.3) is 0 Å². The Bertz CT molecular complexity index is 1500. The molecular formula is C63H118N4O10S. The summed E-state index contributed by atoms with van der Waals surface area (Å²) < 4.78 is 11.6. The predicted molar refractivity (Wildman–Crippen MR) is 321 cm³/mol. The average molecular weight is 1120 g/mol. The highest BCUT2D eigenvalue weighted by Crippen LogP contribution is 2.18. The van der Waals surface area contributed by atoms with Crippen LogP contribution in [-0.2, 0) is 43.0 Å². The smallest absolute Gasteiger partial charge is 0.306 e. The first-order chi connectivity index (χ1) is 37.9. The van der Waals surface area contributed by atoms with Gasteiger partial charge in [-0.1, -0.05) is 259 Å². The first-order valence-electron chi connectivity index (χ1n) is 32.2. The summed E-state index contributed by atoms with van der Waals surface area (Å²) in [6.07, 6.45) is 45.9. The molecule has 14 nitrogen and oxygen atoms in total. The van der Waals surface area contributed by atoms with E-state index >= 15 is 0 Å². The molecule has 0 aromatic rings. The fourth-order valence-corrected chi connectivity index (χ4v) is 10.7. The summed E-state index contributed by atoms with van der Waals surface area (Å²) in [7, 11) is 0. The number of hydrogen-bond donors (Lipinski definition) is 5. The molecule has 15 heteroatoms. The molecule has 0 aliphatic heterocycles. The van der Waals surface area contributed by atoms with Crippen LogP contribution in [0.1, 0.15) is 317 Å². The molecule has 0 radical (unpaired) electrons. The van der Waals surface area contributed by atoms with Gasteiger partial charge in [0.05, 0.1) is 0 Å². The van der Waals surface area contributed by atoms with Gasteiger partial charge in [-0.3, -0.25) is 33.6 Å². The van der Waals surface area contributed by atoms with Gasteiger partial charge in [-0.25, -0.2) is 0 Å². The second-order valence-corrected chi connectivity index (χ2v) is 23.4. The lowest BCUT2D eigenvalue weighted by Crippen LogP contribution is -2.56. The van der Waals surface area contributed by atoms with Crippen molar-refractivity contribution >= 4 is 53.3 Å². The molecule has 0 bridgehead atoms. The first kappa shape index (κ1) is 74.6. The number of rotatable bonds is 59. The molecule has 0 saturated carbocycles. The zero-order valence-electron chi connectivity index (χ0n) is 50.4. The van der Waals surface area contributed by atoms with E-state index in [2.05, 4.69) is 36.7 Å². The van der Waals surface area contributed by atoms with Crippen molar-refractivity contribution in [2.24, 2.45) is 5.73 Å². The second kappa shape index (κ2) is 55.5. The van der Waals surface area contributed by atoms with Crippen molar-refractivity contribution in [1.82, 2.24) is 16.0 Å². The highest BCUT2D eigenvalue weighted by Gasteiger charge is 2.29. The normalized spacial score (nSPS) is 12.8. The lowest BCUT2D eigenvalue weighted by Gasteiger charge is -2.24. The van der Waals surface area contributed by atoms with E-state index in [1.807, 2.05) is 0 Å². The minimum absolute atomic E-state index is 0.0660.